The first-order chi connectivity index (χ1) is 14.4. The molecule has 0 saturated carbocycles. The lowest BCUT2D eigenvalue weighted by molar-refractivity contribution is 0.130. The van der Waals surface area contributed by atoms with Crippen LogP contribution in [-0.2, 0) is 4.74 Å². The third-order valence-corrected chi connectivity index (χ3v) is 4.36. The molecular weight excluding hydrogens is 384 g/mol. The van der Waals surface area contributed by atoms with Crippen molar-refractivity contribution in [3.8, 4) is 11.3 Å². The summed E-state index contributed by atoms with van der Waals surface area (Å²) in [4.78, 5) is 34.6. The molecule has 0 aliphatic rings. The predicted octanol–water partition coefficient (Wildman–Crippen LogP) is 4.23. The number of hydrogen-bond acceptors (Lipinski definition) is 5. The number of aromatic nitrogens is 3. The third kappa shape index (κ3) is 5.05. The minimum atomic E-state index is -0.539. The van der Waals surface area contributed by atoms with E-state index < -0.39 is 6.09 Å². The fourth-order valence-electron chi connectivity index (χ4n) is 2.92. The fourth-order valence-corrected chi connectivity index (χ4v) is 2.92. The minimum absolute atomic E-state index is 0.141. The SMILES string of the molecule is CCN(CC)C(=O)Nc1cccc(-c2cn3cc(NC(=O)OC(C)C)cnc3n2)c1. The van der Waals surface area contributed by atoms with Crippen LogP contribution < -0.4 is 10.6 Å². The molecule has 0 bridgehead atoms. The van der Waals surface area contributed by atoms with Crippen molar-refractivity contribution in [1.82, 2.24) is 19.3 Å². The summed E-state index contributed by atoms with van der Waals surface area (Å²) in [6.45, 7) is 8.72. The summed E-state index contributed by atoms with van der Waals surface area (Å²) in [7, 11) is 0. The van der Waals surface area contributed by atoms with Gasteiger partial charge in [0, 0.05) is 36.7 Å². The number of fused-ring (bicyclic) bond motifs is 1. The molecule has 2 aromatic heterocycles. The highest BCUT2D eigenvalue weighted by Gasteiger charge is 2.12. The highest BCUT2D eigenvalue weighted by molar-refractivity contribution is 5.90. The van der Waals surface area contributed by atoms with Gasteiger partial charge in [0.2, 0.25) is 5.78 Å². The Morgan fingerprint density at radius 3 is 2.60 bits per heavy atom. The normalized spacial score (nSPS) is 10.8. The lowest BCUT2D eigenvalue weighted by atomic mass is 10.1. The van der Waals surface area contributed by atoms with Crippen molar-refractivity contribution in [2.75, 3.05) is 23.7 Å². The number of carbonyl (C=O) groups excluding carboxylic acids is 2. The highest BCUT2D eigenvalue weighted by atomic mass is 16.6. The van der Waals surface area contributed by atoms with Gasteiger partial charge in [-0.25, -0.2) is 19.6 Å². The number of amides is 3. The van der Waals surface area contributed by atoms with Gasteiger partial charge in [0.25, 0.3) is 0 Å². The van der Waals surface area contributed by atoms with Gasteiger partial charge in [-0.15, -0.1) is 0 Å². The van der Waals surface area contributed by atoms with E-state index in [0.717, 1.165) is 5.56 Å². The van der Waals surface area contributed by atoms with Gasteiger partial charge in [-0.1, -0.05) is 12.1 Å². The molecule has 2 N–H and O–H groups in total. The Labute approximate surface area is 175 Å². The number of nitrogens with zero attached hydrogens (tertiary/aromatic N) is 4. The highest BCUT2D eigenvalue weighted by Crippen LogP contribution is 2.23. The first-order valence-electron chi connectivity index (χ1n) is 9.88. The Hall–Kier alpha value is -3.62. The van der Waals surface area contributed by atoms with Crippen LogP contribution in [0.15, 0.2) is 42.9 Å². The van der Waals surface area contributed by atoms with E-state index in [-0.39, 0.29) is 12.1 Å². The van der Waals surface area contributed by atoms with Crippen molar-refractivity contribution < 1.29 is 14.3 Å². The fraction of sp³-hybridized carbons (Fsp3) is 0.333. The van der Waals surface area contributed by atoms with Crippen LogP contribution in [0.5, 0.6) is 0 Å². The van der Waals surface area contributed by atoms with Gasteiger partial charge in [-0.3, -0.25) is 9.72 Å². The smallest absolute Gasteiger partial charge is 0.411 e. The van der Waals surface area contributed by atoms with Crippen molar-refractivity contribution in [3.05, 3.63) is 42.9 Å². The van der Waals surface area contributed by atoms with Crippen molar-refractivity contribution >= 4 is 29.3 Å². The first-order valence-corrected chi connectivity index (χ1v) is 9.88. The molecule has 3 amide bonds. The molecule has 9 nitrogen and oxygen atoms in total. The van der Waals surface area contributed by atoms with Crippen LogP contribution >= 0.6 is 0 Å². The number of hydrogen-bond donors (Lipinski definition) is 2. The Bertz CT molecular complexity index is 1040. The van der Waals surface area contributed by atoms with E-state index in [4.69, 9.17) is 4.74 Å². The van der Waals surface area contributed by atoms with Crippen molar-refractivity contribution in [2.24, 2.45) is 0 Å². The molecule has 0 spiro atoms. The first kappa shape index (κ1) is 21.1. The molecule has 0 aliphatic carbocycles. The zero-order valence-corrected chi connectivity index (χ0v) is 17.5. The van der Waals surface area contributed by atoms with Crippen LogP contribution in [0.4, 0.5) is 21.0 Å². The number of anilines is 2. The van der Waals surface area contributed by atoms with Crippen LogP contribution in [0.2, 0.25) is 0 Å². The van der Waals surface area contributed by atoms with Crippen LogP contribution in [0.3, 0.4) is 0 Å². The van der Waals surface area contributed by atoms with E-state index in [1.54, 1.807) is 29.3 Å². The standard InChI is InChI=1S/C21H26N6O3/c1-5-26(6-2)20(28)23-16-9-7-8-15(10-16)18-13-27-12-17(11-22-19(27)25-18)24-21(29)30-14(3)4/h7-14H,5-6H2,1-4H3,(H,23,28)(H,24,29). The van der Waals surface area contributed by atoms with Gasteiger partial charge in [0.05, 0.1) is 23.7 Å². The van der Waals surface area contributed by atoms with E-state index in [9.17, 15) is 9.59 Å². The van der Waals surface area contributed by atoms with Crippen LogP contribution in [0.1, 0.15) is 27.7 Å². The maximum absolute atomic E-state index is 12.3. The quantitative estimate of drug-likeness (QED) is 0.633. The maximum Gasteiger partial charge on any atom is 0.411 e. The van der Waals surface area contributed by atoms with Gasteiger partial charge in [-0.05, 0) is 39.8 Å². The Morgan fingerprint density at radius 1 is 1.13 bits per heavy atom. The van der Waals surface area contributed by atoms with Crippen molar-refractivity contribution in [2.45, 2.75) is 33.8 Å². The number of benzene rings is 1. The van der Waals surface area contributed by atoms with E-state index in [2.05, 4.69) is 20.6 Å². The second kappa shape index (κ2) is 9.25. The summed E-state index contributed by atoms with van der Waals surface area (Å²) in [6.07, 6.45) is 4.30. The third-order valence-electron chi connectivity index (χ3n) is 4.36. The largest absolute Gasteiger partial charge is 0.447 e. The summed E-state index contributed by atoms with van der Waals surface area (Å²) in [5.41, 5.74) is 2.72. The maximum atomic E-state index is 12.3. The molecule has 158 valence electrons. The monoisotopic (exact) mass is 410 g/mol. The zero-order valence-electron chi connectivity index (χ0n) is 17.5. The average molecular weight is 410 g/mol. The van der Waals surface area contributed by atoms with Gasteiger partial charge in [0.1, 0.15) is 0 Å². The van der Waals surface area contributed by atoms with Crippen LogP contribution in [-0.4, -0.2) is 50.6 Å². The van der Waals surface area contributed by atoms with Gasteiger partial charge >= 0.3 is 12.1 Å². The summed E-state index contributed by atoms with van der Waals surface area (Å²) < 4.78 is 6.80. The Kier molecular flexibility index (Phi) is 6.51. The number of nitrogens with one attached hydrogen (secondary N) is 2. The van der Waals surface area contributed by atoms with Gasteiger partial charge in [-0.2, -0.15) is 0 Å². The predicted molar refractivity (Wildman–Crippen MR) is 116 cm³/mol. The number of ether oxygens (including phenoxy) is 1. The molecule has 0 saturated heterocycles. The lowest BCUT2D eigenvalue weighted by Crippen LogP contribution is -2.34. The minimum Gasteiger partial charge on any atom is -0.447 e. The molecular formula is C21H26N6O3. The number of urea groups is 1. The Morgan fingerprint density at radius 2 is 1.90 bits per heavy atom. The van der Waals surface area contributed by atoms with E-state index in [1.807, 2.05) is 44.3 Å². The van der Waals surface area contributed by atoms with E-state index in [1.165, 1.54) is 6.20 Å². The summed E-state index contributed by atoms with van der Waals surface area (Å²) in [6, 6.07) is 7.33. The average Bonchev–Trinajstić information content (AvgIpc) is 3.12. The number of rotatable bonds is 6. The molecule has 0 aliphatic heterocycles. The van der Waals surface area contributed by atoms with Gasteiger partial charge < -0.3 is 15.0 Å². The van der Waals surface area contributed by atoms with Crippen LogP contribution in [0.25, 0.3) is 17.0 Å². The van der Waals surface area contributed by atoms with Crippen LogP contribution in [0, 0.1) is 0 Å². The van der Waals surface area contributed by atoms with Gasteiger partial charge in [0.15, 0.2) is 0 Å². The lowest BCUT2D eigenvalue weighted by Gasteiger charge is -2.19. The molecule has 0 unspecified atom stereocenters. The Balaban J connectivity index is 1.80. The molecule has 30 heavy (non-hydrogen) atoms. The molecule has 1 aromatic carbocycles. The molecule has 0 radical (unpaired) electrons. The molecule has 3 rings (SSSR count). The summed E-state index contributed by atoms with van der Waals surface area (Å²) >= 11 is 0. The van der Waals surface area contributed by atoms with E-state index >= 15 is 0 Å². The number of carbonyl (C=O) groups is 2. The second-order valence-electron chi connectivity index (χ2n) is 6.94. The molecule has 9 heteroatoms. The molecule has 3 aromatic rings. The summed E-state index contributed by atoms with van der Waals surface area (Å²) in [5, 5.41) is 5.55. The molecule has 0 atom stereocenters. The molecule has 0 fully saturated rings. The summed E-state index contributed by atoms with van der Waals surface area (Å²) in [5.74, 6) is 0.491. The second-order valence-corrected chi connectivity index (χ2v) is 6.94. The molecule has 2 heterocycles. The zero-order chi connectivity index (χ0) is 21.7. The topological polar surface area (TPSA) is 101 Å². The number of imidazole rings is 1. The van der Waals surface area contributed by atoms with E-state index in [0.29, 0.717) is 35.9 Å². The van der Waals surface area contributed by atoms with Crippen molar-refractivity contribution in [3.63, 3.8) is 0 Å². The van der Waals surface area contributed by atoms with Crippen molar-refractivity contribution in [1.29, 1.82) is 0 Å².